The first-order valence-electron chi connectivity index (χ1n) is 4.21. The number of aromatic nitrogens is 2. The smallest absolute Gasteiger partial charge is 0.309 e. The number of fused-ring (bicyclic) bond motifs is 1. The van der Waals surface area contributed by atoms with Crippen molar-refractivity contribution >= 4 is 16.9 Å². The quantitative estimate of drug-likeness (QED) is 0.805. The number of pyridine rings is 1. The monoisotopic (exact) mass is 208 g/mol. The van der Waals surface area contributed by atoms with Crippen molar-refractivity contribution in [2.24, 2.45) is 0 Å². The molecule has 0 fully saturated rings. The Morgan fingerprint density at radius 1 is 1.67 bits per heavy atom. The van der Waals surface area contributed by atoms with Gasteiger partial charge in [-0.15, -0.1) is 0 Å². The zero-order valence-electron chi connectivity index (χ0n) is 7.93. The third-order valence-electron chi connectivity index (χ3n) is 1.94. The number of methoxy groups -OCH3 is 1. The van der Waals surface area contributed by atoms with Crippen LogP contribution in [0.2, 0.25) is 0 Å². The van der Waals surface area contributed by atoms with E-state index in [1.54, 1.807) is 6.07 Å². The largest absolute Gasteiger partial charge is 0.481 e. The molecule has 0 bridgehead atoms. The van der Waals surface area contributed by atoms with Crippen LogP contribution in [0.25, 0.3) is 11.0 Å². The first-order chi connectivity index (χ1) is 7.22. The minimum absolute atomic E-state index is 0.186. The van der Waals surface area contributed by atoms with Crippen LogP contribution in [0, 0.1) is 0 Å². The Hall–Kier alpha value is -2.11. The lowest BCUT2D eigenvalue weighted by Crippen LogP contribution is -2.02. The predicted octanol–water partition coefficient (Wildman–Crippen LogP) is 0.858. The topological polar surface area (TPSA) is 85.5 Å². The van der Waals surface area contributed by atoms with Crippen molar-refractivity contribution in [3.63, 3.8) is 0 Å². The average molecular weight is 208 g/mol. The fourth-order valence-corrected chi connectivity index (χ4v) is 1.34. The van der Waals surface area contributed by atoms with E-state index in [4.69, 9.17) is 14.4 Å². The van der Waals surface area contributed by atoms with Gasteiger partial charge in [0.05, 0.1) is 19.2 Å². The molecule has 0 saturated heterocycles. The van der Waals surface area contributed by atoms with Crippen LogP contribution in [0.4, 0.5) is 0 Å². The Balaban J connectivity index is 2.61. The standard InChI is InChI=1S/C9H8N2O4/c1-14-9-8-5(4-7(12)13)10-3-2-6(8)15-11-9/h2-3H,4H2,1H3,(H,12,13). The van der Waals surface area contributed by atoms with E-state index < -0.39 is 5.97 Å². The third-order valence-corrected chi connectivity index (χ3v) is 1.94. The summed E-state index contributed by atoms with van der Waals surface area (Å²) in [5.74, 6) is -0.701. The molecule has 78 valence electrons. The van der Waals surface area contributed by atoms with Crippen molar-refractivity contribution in [1.82, 2.24) is 10.1 Å². The predicted molar refractivity (Wildman–Crippen MR) is 49.7 cm³/mol. The highest BCUT2D eigenvalue weighted by molar-refractivity contribution is 5.87. The van der Waals surface area contributed by atoms with Crippen molar-refractivity contribution in [2.45, 2.75) is 6.42 Å². The van der Waals surface area contributed by atoms with Gasteiger partial charge in [0.1, 0.15) is 5.39 Å². The number of hydrogen-bond donors (Lipinski definition) is 1. The Labute approximate surface area is 84.5 Å². The maximum Gasteiger partial charge on any atom is 0.309 e. The summed E-state index contributed by atoms with van der Waals surface area (Å²) in [4.78, 5) is 14.6. The van der Waals surface area contributed by atoms with Crippen LogP contribution >= 0.6 is 0 Å². The minimum atomic E-state index is -0.960. The number of carboxylic acid groups (broad SMARTS) is 1. The molecule has 2 aromatic heterocycles. The Bertz CT molecular complexity index is 506. The van der Waals surface area contributed by atoms with Crippen molar-refractivity contribution in [3.05, 3.63) is 18.0 Å². The van der Waals surface area contributed by atoms with Crippen LogP contribution < -0.4 is 4.74 Å². The van der Waals surface area contributed by atoms with Crippen molar-refractivity contribution in [2.75, 3.05) is 7.11 Å². The number of nitrogens with zero attached hydrogens (tertiary/aromatic N) is 2. The molecule has 2 rings (SSSR count). The normalized spacial score (nSPS) is 10.5. The summed E-state index contributed by atoms with van der Waals surface area (Å²) in [6.45, 7) is 0. The van der Waals surface area contributed by atoms with Crippen LogP contribution in [0.1, 0.15) is 5.69 Å². The van der Waals surface area contributed by atoms with Gasteiger partial charge < -0.3 is 14.4 Å². The highest BCUT2D eigenvalue weighted by atomic mass is 16.5. The van der Waals surface area contributed by atoms with Crippen molar-refractivity contribution < 1.29 is 19.2 Å². The zero-order chi connectivity index (χ0) is 10.8. The van der Waals surface area contributed by atoms with Gasteiger partial charge >= 0.3 is 5.97 Å². The number of ether oxygens (including phenoxy) is 1. The number of carboxylic acids is 1. The lowest BCUT2D eigenvalue weighted by atomic mass is 10.2. The lowest BCUT2D eigenvalue weighted by Gasteiger charge is -1.98. The van der Waals surface area contributed by atoms with Crippen LogP contribution in [0.15, 0.2) is 16.8 Å². The van der Waals surface area contributed by atoms with Gasteiger partial charge in [-0.05, 0) is 5.16 Å². The molecule has 0 radical (unpaired) electrons. The second-order valence-corrected chi connectivity index (χ2v) is 2.89. The molecule has 0 aromatic carbocycles. The summed E-state index contributed by atoms with van der Waals surface area (Å²) < 4.78 is 9.91. The average Bonchev–Trinajstić information content (AvgIpc) is 2.61. The molecule has 0 atom stereocenters. The summed E-state index contributed by atoms with van der Waals surface area (Å²) in [6.07, 6.45) is 1.29. The van der Waals surface area contributed by atoms with Crippen LogP contribution in [-0.2, 0) is 11.2 Å². The highest BCUT2D eigenvalue weighted by Crippen LogP contribution is 2.26. The van der Waals surface area contributed by atoms with Crippen LogP contribution in [-0.4, -0.2) is 28.3 Å². The Morgan fingerprint density at radius 2 is 2.47 bits per heavy atom. The van der Waals surface area contributed by atoms with Gasteiger partial charge in [0.25, 0.3) is 5.88 Å². The van der Waals surface area contributed by atoms with E-state index in [0.717, 1.165) is 0 Å². The summed E-state index contributed by atoms with van der Waals surface area (Å²) in [5, 5.41) is 12.9. The summed E-state index contributed by atoms with van der Waals surface area (Å²) in [6, 6.07) is 1.61. The highest BCUT2D eigenvalue weighted by Gasteiger charge is 2.15. The molecule has 0 saturated carbocycles. The van der Waals surface area contributed by atoms with Crippen molar-refractivity contribution in [3.8, 4) is 5.88 Å². The van der Waals surface area contributed by atoms with E-state index in [1.165, 1.54) is 13.3 Å². The summed E-state index contributed by atoms with van der Waals surface area (Å²) >= 11 is 0. The molecular weight excluding hydrogens is 200 g/mol. The number of hydrogen-bond acceptors (Lipinski definition) is 5. The minimum Gasteiger partial charge on any atom is -0.481 e. The van der Waals surface area contributed by atoms with E-state index in [1.807, 2.05) is 0 Å². The second-order valence-electron chi connectivity index (χ2n) is 2.89. The molecule has 0 amide bonds. The van der Waals surface area contributed by atoms with E-state index in [9.17, 15) is 4.79 Å². The van der Waals surface area contributed by atoms with Crippen LogP contribution in [0.3, 0.4) is 0 Å². The number of carbonyl (C=O) groups is 1. The van der Waals surface area contributed by atoms with E-state index in [2.05, 4.69) is 10.1 Å². The SMILES string of the molecule is COc1noc2ccnc(CC(=O)O)c12. The molecule has 1 N–H and O–H groups in total. The van der Waals surface area contributed by atoms with Crippen LogP contribution in [0.5, 0.6) is 5.88 Å². The summed E-state index contributed by atoms with van der Waals surface area (Å²) in [7, 11) is 1.44. The second kappa shape index (κ2) is 3.56. The molecule has 0 unspecified atom stereocenters. The van der Waals surface area contributed by atoms with Gasteiger partial charge in [-0.3, -0.25) is 9.78 Å². The molecule has 6 heteroatoms. The first-order valence-corrected chi connectivity index (χ1v) is 4.21. The molecule has 6 nitrogen and oxygen atoms in total. The Kier molecular flexibility index (Phi) is 2.24. The molecule has 0 aliphatic heterocycles. The molecule has 2 aromatic rings. The van der Waals surface area contributed by atoms with Gasteiger partial charge in [0.2, 0.25) is 0 Å². The van der Waals surface area contributed by atoms with Gasteiger partial charge in [-0.2, -0.15) is 0 Å². The van der Waals surface area contributed by atoms with E-state index >= 15 is 0 Å². The Morgan fingerprint density at radius 3 is 3.13 bits per heavy atom. The molecule has 0 aliphatic carbocycles. The zero-order valence-corrected chi connectivity index (χ0v) is 7.93. The molecule has 0 spiro atoms. The first kappa shape index (κ1) is 9.45. The fraction of sp³-hybridized carbons (Fsp3) is 0.222. The third kappa shape index (κ3) is 1.61. The lowest BCUT2D eigenvalue weighted by molar-refractivity contribution is -0.136. The van der Waals surface area contributed by atoms with Gasteiger partial charge in [0, 0.05) is 12.3 Å². The number of aliphatic carboxylic acids is 1. The van der Waals surface area contributed by atoms with Crippen molar-refractivity contribution in [1.29, 1.82) is 0 Å². The summed E-state index contributed by atoms with van der Waals surface area (Å²) in [5.41, 5.74) is 0.858. The maximum atomic E-state index is 10.6. The number of rotatable bonds is 3. The van der Waals surface area contributed by atoms with E-state index in [-0.39, 0.29) is 12.3 Å². The molecule has 15 heavy (non-hydrogen) atoms. The molecule has 2 heterocycles. The molecule has 0 aliphatic rings. The fourth-order valence-electron chi connectivity index (χ4n) is 1.34. The van der Waals surface area contributed by atoms with Gasteiger partial charge in [0.15, 0.2) is 5.58 Å². The van der Waals surface area contributed by atoms with Gasteiger partial charge in [-0.25, -0.2) is 0 Å². The maximum absolute atomic E-state index is 10.6. The van der Waals surface area contributed by atoms with E-state index in [0.29, 0.717) is 16.7 Å². The molecular formula is C9H8N2O4. The van der Waals surface area contributed by atoms with Gasteiger partial charge in [-0.1, -0.05) is 0 Å².